The Morgan fingerprint density at radius 1 is 1.21 bits per heavy atom. The highest BCUT2D eigenvalue weighted by atomic mass is 32.2. The van der Waals surface area contributed by atoms with Crippen LogP contribution in [0.5, 0.6) is 5.75 Å². The zero-order valence-corrected chi connectivity index (χ0v) is 27.0. The van der Waals surface area contributed by atoms with Gasteiger partial charge in [-0.05, 0) is 57.2 Å². The Labute approximate surface area is 271 Å². The van der Waals surface area contributed by atoms with Crippen molar-refractivity contribution in [3.63, 3.8) is 0 Å². The summed E-state index contributed by atoms with van der Waals surface area (Å²) in [6.45, 7) is 3.68. The van der Waals surface area contributed by atoms with Gasteiger partial charge in [0.25, 0.3) is 5.91 Å². The molecule has 252 valence electrons. The van der Waals surface area contributed by atoms with Gasteiger partial charge in [-0.3, -0.25) is 18.7 Å². The van der Waals surface area contributed by atoms with Crippen molar-refractivity contribution >= 4 is 42.9 Å². The van der Waals surface area contributed by atoms with Crippen LogP contribution in [0.3, 0.4) is 0 Å². The molecule has 0 bridgehead atoms. The first kappa shape index (κ1) is 34.5. The summed E-state index contributed by atoms with van der Waals surface area (Å²) in [6.07, 6.45) is -6.19. The van der Waals surface area contributed by atoms with Crippen LogP contribution in [0.4, 0.5) is 20.3 Å². The molecule has 4 N–H and O–H groups in total. The number of hydrogen-bond donors (Lipinski definition) is 4. The minimum Gasteiger partial charge on any atom is -0.462 e. The molecular formula is C29H32F2N5O9PS. The third kappa shape index (κ3) is 8.00. The van der Waals surface area contributed by atoms with E-state index in [-0.39, 0.29) is 11.6 Å². The average Bonchev–Trinajstić information content (AvgIpc) is 3.57. The molecule has 1 amide bonds. The minimum atomic E-state index is -4.48. The molecule has 1 aromatic heterocycles. The maximum Gasteiger partial charge on any atom is 0.459 e. The second kappa shape index (κ2) is 14.1. The van der Waals surface area contributed by atoms with Crippen LogP contribution in [-0.2, 0) is 23.4 Å². The van der Waals surface area contributed by atoms with Gasteiger partial charge >= 0.3 is 25.3 Å². The van der Waals surface area contributed by atoms with Gasteiger partial charge in [0.1, 0.15) is 23.7 Å². The van der Waals surface area contributed by atoms with Crippen LogP contribution in [0, 0.1) is 0 Å². The van der Waals surface area contributed by atoms with E-state index in [0.717, 1.165) is 22.8 Å². The number of ether oxygens (including phenoxy) is 2. The van der Waals surface area contributed by atoms with E-state index >= 15 is 8.78 Å². The average molecular weight is 696 g/mol. The number of anilines is 2. The third-order valence-electron chi connectivity index (χ3n) is 6.87. The molecule has 3 aromatic rings. The first-order valence-electron chi connectivity index (χ1n) is 14.4. The monoisotopic (exact) mass is 695 g/mol. The van der Waals surface area contributed by atoms with Crippen molar-refractivity contribution in [2.24, 2.45) is 0 Å². The van der Waals surface area contributed by atoms with Crippen molar-refractivity contribution < 1.29 is 46.6 Å². The van der Waals surface area contributed by atoms with E-state index in [9.17, 15) is 24.1 Å². The van der Waals surface area contributed by atoms with Crippen molar-refractivity contribution in [2.75, 3.05) is 23.1 Å². The van der Waals surface area contributed by atoms with Crippen molar-refractivity contribution in [2.45, 2.75) is 62.2 Å². The highest BCUT2D eigenvalue weighted by molar-refractivity contribution is 7.99. The molecule has 18 heteroatoms. The summed E-state index contributed by atoms with van der Waals surface area (Å²) in [5.41, 5.74) is -0.0108. The zero-order chi connectivity index (χ0) is 33.9. The highest BCUT2D eigenvalue weighted by Crippen LogP contribution is 2.48. The Hall–Kier alpha value is -3.86. The molecule has 2 aromatic carbocycles. The second-order valence-corrected chi connectivity index (χ2v) is 13.5. The molecule has 1 fully saturated rings. The largest absolute Gasteiger partial charge is 0.462 e. The van der Waals surface area contributed by atoms with E-state index in [2.05, 4.69) is 20.7 Å². The molecule has 2 unspecified atom stereocenters. The molecule has 14 nitrogen and oxygen atoms in total. The first-order chi connectivity index (χ1) is 22.3. The standard InChI is InChI=1S/C29H32F2N5O9PS/c1-16(2)43-26(39)17(3)35-46(41,45-19-7-5-4-6-8-19)42-14-21-24(37)29(30,31)27(44-21)36-12-11-23(34-28(36)40)33-25(38)18-9-10-20-22(13-18)47-15-32-20/h4-13,16-17,21,24,27,32,37H,14-15H2,1-3H3,(H,35,41)(H,33,34,38,40)/t17-,21-,24-,27?,46?/m1/s1. The molecule has 0 saturated carbocycles. The Morgan fingerprint density at radius 2 is 1.96 bits per heavy atom. The van der Waals surface area contributed by atoms with E-state index in [4.69, 9.17) is 18.5 Å². The molecule has 47 heavy (non-hydrogen) atoms. The fourth-order valence-electron chi connectivity index (χ4n) is 4.58. The smallest absolute Gasteiger partial charge is 0.459 e. The van der Waals surface area contributed by atoms with Crippen LogP contribution in [-0.4, -0.2) is 69.3 Å². The topological polar surface area (TPSA) is 179 Å². The van der Waals surface area contributed by atoms with Gasteiger partial charge in [-0.1, -0.05) is 18.2 Å². The molecule has 1 saturated heterocycles. The summed E-state index contributed by atoms with van der Waals surface area (Å²) >= 11 is 1.52. The van der Waals surface area contributed by atoms with Crippen molar-refractivity contribution in [1.29, 1.82) is 0 Å². The Kier molecular flexibility index (Phi) is 10.3. The predicted octanol–water partition coefficient (Wildman–Crippen LogP) is 4.00. The summed E-state index contributed by atoms with van der Waals surface area (Å²) in [5.74, 6) is -4.84. The SMILES string of the molecule is CC(C)OC(=O)[C@@H](C)NP(=O)(OC[C@H]1OC(n2ccc(NC(=O)c3ccc4c(c3)SCN4)nc2=O)C(F)(F)[C@@H]1O)Oc1ccccc1. The maximum absolute atomic E-state index is 15.3. The van der Waals surface area contributed by atoms with Crippen LogP contribution in [0.1, 0.15) is 37.4 Å². The number of nitrogens with zero attached hydrogens (tertiary/aromatic N) is 2. The number of esters is 1. The summed E-state index contributed by atoms with van der Waals surface area (Å²) in [6, 6.07) is 12.6. The molecule has 0 aliphatic carbocycles. The summed E-state index contributed by atoms with van der Waals surface area (Å²) in [5, 5.41) is 18.5. The fourth-order valence-corrected chi connectivity index (χ4v) is 6.97. The van der Waals surface area contributed by atoms with Gasteiger partial charge in [0, 0.05) is 22.3 Å². The highest BCUT2D eigenvalue weighted by Gasteiger charge is 2.60. The van der Waals surface area contributed by atoms with Gasteiger partial charge in [-0.15, -0.1) is 11.8 Å². The number of carbonyl (C=O) groups excluding carboxylic acids is 2. The number of aliphatic hydroxyl groups excluding tert-OH is 1. The van der Waals surface area contributed by atoms with Crippen LogP contribution in [0.25, 0.3) is 0 Å². The number of carbonyl (C=O) groups is 2. The number of rotatable bonds is 12. The lowest BCUT2D eigenvalue weighted by molar-refractivity contribution is -0.149. The van der Waals surface area contributed by atoms with Crippen LogP contribution in [0.15, 0.2) is 70.5 Å². The lowest BCUT2D eigenvalue weighted by Gasteiger charge is -2.25. The number of alkyl halides is 2. The molecule has 5 rings (SSSR count). The number of fused-ring (bicyclic) bond motifs is 1. The van der Waals surface area contributed by atoms with Gasteiger partial charge in [-0.25, -0.2) is 9.36 Å². The Bertz CT molecular complexity index is 1730. The van der Waals surface area contributed by atoms with Gasteiger partial charge in [0.15, 0.2) is 6.10 Å². The molecule has 2 aliphatic rings. The molecule has 0 spiro atoms. The normalized spacial score (nSPS) is 21.7. The number of benzene rings is 2. The number of nitrogens with one attached hydrogen (secondary N) is 3. The van der Waals surface area contributed by atoms with Crippen LogP contribution < -0.4 is 25.9 Å². The van der Waals surface area contributed by atoms with E-state index in [1.807, 2.05) is 0 Å². The fraction of sp³-hybridized carbons (Fsp3) is 0.379. The van der Waals surface area contributed by atoms with Crippen LogP contribution in [0.2, 0.25) is 0 Å². The second-order valence-electron chi connectivity index (χ2n) is 10.8. The molecule has 0 radical (unpaired) electrons. The predicted molar refractivity (Wildman–Crippen MR) is 167 cm³/mol. The molecular weight excluding hydrogens is 663 g/mol. The molecule has 2 aliphatic heterocycles. The zero-order valence-electron chi connectivity index (χ0n) is 25.3. The summed E-state index contributed by atoms with van der Waals surface area (Å²) in [4.78, 5) is 42.5. The number of aliphatic hydroxyl groups is 1. The van der Waals surface area contributed by atoms with E-state index in [1.54, 1.807) is 50.2 Å². The summed E-state index contributed by atoms with van der Waals surface area (Å²) < 4.78 is 66.1. The van der Waals surface area contributed by atoms with E-state index in [0.29, 0.717) is 16.0 Å². The first-order valence-corrected chi connectivity index (χ1v) is 16.9. The number of halogens is 2. The Morgan fingerprint density at radius 3 is 2.66 bits per heavy atom. The molecule has 3 heterocycles. The van der Waals surface area contributed by atoms with Crippen molar-refractivity contribution in [3.8, 4) is 5.75 Å². The van der Waals surface area contributed by atoms with Crippen molar-refractivity contribution in [1.82, 2.24) is 14.6 Å². The number of para-hydroxylation sites is 1. The number of thioether (sulfide) groups is 1. The van der Waals surface area contributed by atoms with Crippen LogP contribution >= 0.6 is 19.5 Å². The quantitative estimate of drug-likeness (QED) is 0.158. The number of aromatic nitrogens is 2. The van der Waals surface area contributed by atoms with Gasteiger partial charge in [0.2, 0.25) is 6.23 Å². The van der Waals surface area contributed by atoms with Gasteiger partial charge < -0.3 is 29.7 Å². The molecule has 5 atom stereocenters. The third-order valence-corrected chi connectivity index (χ3v) is 9.45. The summed E-state index contributed by atoms with van der Waals surface area (Å²) in [7, 11) is -4.48. The lowest BCUT2D eigenvalue weighted by atomic mass is 10.1. The van der Waals surface area contributed by atoms with Gasteiger partial charge in [-0.2, -0.15) is 18.9 Å². The Balaban J connectivity index is 1.28. The van der Waals surface area contributed by atoms with Gasteiger partial charge in [0.05, 0.1) is 18.6 Å². The lowest BCUT2D eigenvalue weighted by Crippen LogP contribution is -2.42. The van der Waals surface area contributed by atoms with E-state index < -0.39 is 68.4 Å². The van der Waals surface area contributed by atoms with Crippen molar-refractivity contribution in [3.05, 3.63) is 76.8 Å². The number of amides is 1. The number of hydrogen-bond acceptors (Lipinski definition) is 12. The van der Waals surface area contributed by atoms with E-state index in [1.165, 1.54) is 30.8 Å². The minimum absolute atomic E-state index is 0.0701. The maximum atomic E-state index is 15.3.